The molecule has 0 aliphatic carbocycles. The highest BCUT2D eigenvalue weighted by Crippen LogP contribution is 2.25. The minimum Gasteiger partial charge on any atom is -0.262 e. The fourth-order valence-electron chi connectivity index (χ4n) is 4.42. The van der Waals surface area contributed by atoms with E-state index < -0.39 is 16.2 Å². The molecule has 0 aliphatic rings. The molecule has 2 unspecified atom stereocenters. The third-order valence-corrected chi connectivity index (χ3v) is 8.25. The van der Waals surface area contributed by atoms with Crippen molar-refractivity contribution in [1.29, 1.82) is 0 Å². The summed E-state index contributed by atoms with van der Waals surface area (Å²) >= 11 is 0. The summed E-state index contributed by atoms with van der Waals surface area (Å²) in [5.74, 6) is -0.0871. The molecule has 0 aromatic heterocycles. The standard InChI is InChI=1S/C37H62O3S/c1-12-41(38,39)40-37(28-35(11)24-15-19-31(6)7)36(27-34(10)23-14-18-30(4)5)26-25-33(9)22-16-21-32(8)20-13-17-29(2)3/h17-19,21,25,27-28,36-37H,12-16,20,22-24,26H2,1-11H3. The summed E-state index contributed by atoms with van der Waals surface area (Å²) in [7, 11) is -3.61. The summed E-state index contributed by atoms with van der Waals surface area (Å²) in [5.41, 5.74) is 9.19. The van der Waals surface area contributed by atoms with Gasteiger partial charge in [-0.15, -0.1) is 0 Å². The van der Waals surface area contributed by atoms with Crippen LogP contribution in [0.3, 0.4) is 0 Å². The SMILES string of the molecule is CCS(=O)(=O)OC(C=C(C)CCC=C(C)C)C(C=C(C)CCC=C(C)C)CC=C(C)CCC=C(C)CCC=C(C)C. The average Bonchev–Trinajstić information content (AvgIpc) is 2.85. The van der Waals surface area contributed by atoms with E-state index in [0.29, 0.717) is 0 Å². The quantitative estimate of drug-likeness (QED) is 0.105. The van der Waals surface area contributed by atoms with E-state index in [0.717, 1.165) is 63.4 Å². The van der Waals surface area contributed by atoms with Gasteiger partial charge >= 0.3 is 0 Å². The predicted molar refractivity (Wildman–Crippen MR) is 183 cm³/mol. The van der Waals surface area contributed by atoms with Gasteiger partial charge in [0.25, 0.3) is 10.1 Å². The fraction of sp³-hybridized carbons (Fsp3) is 0.622. The van der Waals surface area contributed by atoms with Crippen LogP contribution in [0.15, 0.2) is 81.5 Å². The summed E-state index contributed by atoms with van der Waals surface area (Å²) in [6.07, 6.45) is 24.0. The van der Waals surface area contributed by atoms with Gasteiger partial charge in [0, 0.05) is 5.92 Å². The molecule has 0 radical (unpaired) electrons. The Kier molecular flexibility index (Phi) is 20.7. The average molecular weight is 587 g/mol. The van der Waals surface area contributed by atoms with Gasteiger partial charge in [-0.05, 0) is 134 Å². The molecule has 0 aliphatic heterocycles. The molecule has 0 rings (SSSR count). The molecule has 0 spiro atoms. The van der Waals surface area contributed by atoms with Gasteiger partial charge in [0.1, 0.15) is 6.10 Å². The second-order valence-corrected chi connectivity index (χ2v) is 14.3. The van der Waals surface area contributed by atoms with Gasteiger partial charge in [0.2, 0.25) is 0 Å². The van der Waals surface area contributed by atoms with Crippen LogP contribution in [0.2, 0.25) is 0 Å². The Morgan fingerprint density at radius 1 is 0.561 bits per heavy atom. The third-order valence-electron chi connectivity index (χ3n) is 7.02. The molecule has 3 nitrogen and oxygen atoms in total. The van der Waals surface area contributed by atoms with Gasteiger partial charge in [-0.25, -0.2) is 0 Å². The number of rotatable bonds is 20. The Morgan fingerprint density at radius 3 is 1.39 bits per heavy atom. The highest BCUT2D eigenvalue weighted by molar-refractivity contribution is 7.86. The lowest BCUT2D eigenvalue weighted by Crippen LogP contribution is -2.26. The molecule has 0 saturated heterocycles. The van der Waals surface area contributed by atoms with Crippen molar-refractivity contribution >= 4 is 10.1 Å². The maximum Gasteiger partial charge on any atom is 0.267 e. The van der Waals surface area contributed by atoms with Crippen molar-refractivity contribution in [3.63, 3.8) is 0 Å². The first-order valence-corrected chi connectivity index (χ1v) is 17.2. The molecule has 0 aromatic carbocycles. The molecule has 0 aromatic rings. The molecule has 0 heterocycles. The van der Waals surface area contributed by atoms with Gasteiger partial charge in [0.05, 0.1) is 5.75 Å². The predicted octanol–water partition coefficient (Wildman–Crippen LogP) is 11.5. The Morgan fingerprint density at radius 2 is 0.951 bits per heavy atom. The summed E-state index contributed by atoms with van der Waals surface area (Å²) in [6.45, 7) is 23.0. The topological polar surface area (TPSA) is 43.4 Å². The maximum absolute atomic E-state index is 12.7. The number of hydrogen-bond donors (Lipinski definition) is 0. The van der Waals surface area contributed by atoms with Gasteiger partial charge < -0.3 is 0 Å². The zero-order chi connectivity index (χ0) is 31.4. The molecule has 0 bridgehead atoms. The van der Waals surface area contributed by atoms with Crippen molar-refractivity contribution in [3.8, 4) is 0 Å². The monoisotopic (exact) mass is 586 g/mol. The molecule has 2 atom stereocenters. The Hall–Kier alpha value is -1.91. The van der Waals surface area contributed by atoms with Crippen LogP contribution in [0.5, 0.6) is 0 Å². The number of hydrogen-bond acceptors (Lipinski definition) is 3. The van der Waals surface area contributed by atoms with Crippen LogP contribution >= 0.6 is 0 Å². The van der Waals surface area contributed by atoms with Gasteiger partial charge in [0.15, 0.2) is 0 Å². The van der Waals surface area contributed by atoms with Crippen LogP contribution in [0, 0.1) is 5.92 Å². The Bertz CT molecular complexity index is 1080. The van der Waals surface area contributed by atoms with E-state index in [1.807, 2.05) is 0 Å². The highest BCUT2D eigenvalue weighted by Gasteiger charge is 2.24. The van der Waals surface area contributed by atoms with Gasteiger partial charge in [-0.2, -0.15) is 8.42 Å². The second kappa shape index (κ2) is 21.7. The van der Waals surface area contributed by atoms with Crippen molar-refractivity contribution in [2.75, 3.05) is 5.75 Å². The van der Waals surface area contributed by atoms with Crippen molar-refractivity contribution in [1.82, 2.24) is 0 Å². The molecule has 4 heteroatoms. The number of allylic oxidation sites excluding steroid dienone is 12. The highest BCUT2D eigenvalue weighted by atomic mass is 32.2. The molecular weight excluding hydrogens is 524 g/mol. The van der Waals surface area contributed by atoms with Crippen molar-refractivity contribution in [2.45, 2.75) is 140 Å². The largest absolute Gasteiger partial charge is 0.267 e. The third kappa shape index (κ3) is 22.4. The van der Waals surface area contributed by atoms with E-state index >= 15 is 0 Å². The minimum absolute atomic E-state index is 0.0295. The summed E-state index contributed by atoms with van der Waals surface area (Å²) < 4.78 is 31.2. The first-order valence-electron chi connectivity index (χ1n) is 15.6. The molecule has 0 fully saturated rings. The molecule has 234 valence electrons. The lowest BCUT2D eigenvalue weighted by atomic mass is 9.91. The molecule has 41 heavy (non-hydrogen) atoms. The van der Waals surface area contributed by atoms with Gasteiger partial charge in [-0.1, -0.05) is 81.5 Å². The molecule has 0 saturated carbocycles. The second-order valence-electron chi connectivity index (χ2n) is 12.4. The lowest BCUT2D eigenvalue weighted by molar-refractivity contribution is 0.209. The van der Waals surface area contributed by atoms with Crippen LogP contribution in [-0.2, 0) is 14.3 Å². The van der Waals surface area contributed by atoms with E-state index in [4.69, 9.17) is 4.18 Å². The first kappa shape index (κ1) is 39.1. The summed E-state index contributed by atoms with van der Waals surface area (Å²) in [5, 5.41) is 0. The zero-order valence-corrected chi connectivity index (χ0v) is 29.2. The van der Waals surface area contributed by atoms with Crippen LogP contribution in [0.4, 0.5) is 0 Å². The van der Waals surface area contributed by atoms with Crippen LogP contribution in [-0.4, -0.2) is 20.3 Å². The summed E-state index contributed by atoms with van der Waals surface area (Å²) in [4.78, 5) is 0. The smallest absolute Gasteiger partial charge is 0.262 e. The summed E-state index contributed by atoms with van der Waals surface area (Å²) in [6, 6.07) is 0. The molecular formula is C37H62O3S. The van der Waals surface area contributed by atoms with Gasteiger partial charge in [-0.3, -0.25) is 4.18 Å². The first-order chi connectivity index (χ1) is 19.1. The van der Waals surface area contributed by atoms with E-state index in [-0.39, 0.29) is 11.7 Å². The van der Waals surface area contributed by atoms with E-state index in [1.54, 1.807) is 6.92 Å². The van der Waals surface area contributed by atoms with E-state index in [2.05, 4.69) is 112 Å². The zero-order valence-electron chi connectivity index (χ0n) is 28.4. The van der Waals surface area contributed by atoms with Crippen LogP contribution in [0.1, 0.15) is 134 Å². The lowest BCUT2D eigenvalue weighted by Gasteiger charge is -2.23. The van der Waals surface area contributed by atoms with Crippen molar-refractivity contribution in [3.05, 3.63) is 81.5 Å². The molecule has 0 amide bonds. The minimum atomic E-state index is -3.61. The van der Waals surface area contributed by atoms with Crippen molar-refractivity contribution < 1.29 is 12.6 Å². The van der Waals surface area contributed by atoms with E-state index in [1.165, 1.54) is 33.4 Å². The Labute approximate surface area is 255 Å². The van der Waals surface area contributed by atoms with Crippen LogP contribution < -0.4 is 0 Å². The van der Waals surface area contributed by atoms with E-state index in [9.17, 15) is 8.42 Å². The normalized spacial score (nSPS) is 14.9. The molecule has 0 N–H and O–H groups in total. The van der Waals surface area contributed by atoms with Crippen molar-refractivity contribution in [2.24, 2.45) is 5.92 Å². The fourth-order valence-corrected chi connectivity index (χ4v) is 5.10. The maximum atomic E-state index is 12.7. The van der Waals surface area contributed by atoms with Crippen LogP contribution in [0.25, 0.3) is 0 Å². The Balaban J connectivity index is 5.99.